The summed E-state index contributed by atoms with van der Waals surface area (Å²) in [7, 11) is -3.65. The molecule has 98 valence electrons. The van der Waals surface area contributed by atoms with E-state index in [4.69, 9.17) is 10.8 Å². The highest BCUT2D eigenvalue weighted by Crippen LogP contribution is 2.24. The number of aliphatic hydroxyl groups is 1. The van der Waals surface area contributed by atoms with Crippen LogP contribution in [0.5, 0.6) is 0 Å². The minimum Gasteiger partial charge on any atom is -0.399 e. The van der Waals surface area contributed by atoms with Crippen molar-refractivity contribution in [3.8, 4) is 0 Å². The average molecular weight is 269 g/mol. The molecule has 7 heteroatoms. The molecule has 0 radical (unpaired) electrons. The van der Waals surface area contributed by atoms with Crippen molar-refractivity contribution >= 4 is 26.6 Å². The summed E-state index contributed by atoms with van der Waals surface area (Å²) in [5.74, 6) is 0. The van der Waals surface area contributed by atoms with Crippen LogP contribution in [0.25, 0.3) is 10.9 Å². The normalized spacial score (nSPS) is 13.9. The molecule has 0 aliphatic carbocycles. The number of aromatic nitrogens is 1. The fourth-order valence-corrected chi connectivity index (χ4v) is 2.93. The molecular weight excluding hydrogens is 254 g/mol. The van der Waals surface area contributed by atoms with Crippen LogP contribution in [0.1, 0.15) is 6.92 Å². The molecule has 0 unspecified atom stereocenters. The van der Waals surface area contributed by atoms with Gasteiger partial charge in [0.25, 0.3) is 0 Å². The Morgan fingerprint density at radius 3 is 2.89 bits per heavy atom. The summed E-state index contributed by atoms with van der Waals surface area (Å²) in [6, 6.07) is 5.01. The topological polar surface area (TPSA) is 108 Å². The van der Waals surface area contributed by atoms with Crippen LogP contribution in [0.2, 0.25) is 0 Å². The van der Waals surface area contributed by atoms with Gasteiger partial charge in [-0.05, 0) is 25.1 Å². The molecule has 0 aliphatic rings. The first-order valence-electron chi connectivity index (χ1n) is 5.44. The molecule has 2 rings (SSSR count). The van der Waals surface area contributed by atoms with Gasteiger partial charge in [0.15, 0.2) is 0 Å². The number of anilines is 1. The van der Waals surface area contributed by atoms with Crippen molar-refractivity contribution in [1.82, 2.24) is 9.71 Å². The van der Waals surface area contributed by atoms with Crippen LogP contribution in [0.3, 0.4) is 0 Å². The standard InChI is InChI=1S/C11H15N3O3S/c1-7(15)5-14-18(16,17)11-6-13-10-3-2-8(12)4-9(10)11/h2-4,6-7,13-15H,5,12H2,1H3/t7-/m1/s1. The maximum Gasteiger partial charge on any atom is 0.242 e. The van der Waals surface area contributed by atoms with Crippen LogP contribution >= 0.6 is 0 Å². The lowest BCUT2D eigenvalue weighted by atomic mass is 10.2. The molecule has 6 nitrogen and oxygen atoms in total. The predicted octanol–water partition coefficient (Wildman–Crippen LogP) is 0.409. The Morgan fingerprint density at radius 1 is 1.50 bits per heavy atom. The maximum atomic E-state index is 12.0. The van der Waals surface area contributed by atoms with E-state index in [9.17, 15) is 8.42 Å². The maximum absolute atomic E-state index is 12.0. The molecule has 2 aromatic rings. The third kappa shape index (κ3) is 2.47. The monoisotopic (exact) mass is 269 g/mol. The Kier molecular flexibility index (Phi) is 3.29. The Bertz CT molecular complexity index is 661. The molecule has 0 aliphatic heterocycles. The highest BCUT2D eigenvalue weighted by atomic mass is 32.2. The SMILES string of the molecule is C[C@@H](O)CNS(=O)(=O)c1c[nH]c2ccc(N)cc12. The quantitative estimate of drug-likeness (QED) is 0.603. The summed E-state index contributed by atoms with van der Waals surface area (Å²) >= 11 is 0. The van der Waals surface area contributed by atoms with Crippen molar-refractivity contribution in [3.63, 3.8) is 0 Å². The summed E-state index contributed by atoms with van der Waals surface area (Å²) in [5, 5.41) is 9.65. The number of hydrogen-bond acceptors (Lipinski definition) is 4. The number of nitrogens with two attached hydrogens (primary N) is 1. The Morgan fingerprint density at radius 2 is 2.22 bits per heavy atom. The number of rotatable bonds is 4. The van der Waals surface area contributed by atoms with Crippen LogP contribution < -0.4 is 10.5 Å². The highest BCUT2D eigenvalue weighted by Gasteiger charge is 2.19. The molecule has 1 atom stereocenters. The number of aliphatic hydroxyl groups excluding tert-OH is 1. The molecule has 0 spiro atoms. The molecule has 1 aromatic heterocycles. The van der Waals surface area contributed by atoms with Crippen molar-refractivity contribution in [3.05, 3.63) is 24.4 Å². The van der Waals surface area contributed by atoms with E-state index >= 15 is 0 Å². The molecule has 1 heterocycles. The molecular formula is C11H15N3O3S. The first-order valence-corrected chi connectivity index (χ1v) is 6.93. The molecule has 0 saturated heterocycles. The summed E-state index contributed by atoms with van der Waals surface area (Å²) in [5.41, 5.74) is 6.84. The van der Waals surface area contributed by atoms with Crippen LogP contribution in [-0.4, -0.2) is 31.2 Å². The molecule has 5 N–H and O–H groups in total. The van der Waals surface area contributed by atoms with Crippen LogP contribution in [0.15, 0.2) is 29.3 Å². The second kappa shape index (κ2) is 4.60. The van der Waals surface area contributed by atoms with Gasteiger partial charge in [0.1, 0.15) is 4.90 Å². The zero-order valence-electron chi connectivity index (χ0n) is 9.84. The zero-order chi connectivity index (χ0) is 13.3. The Hall–Kier alpha value is -1.57. The largest absolute Gasteiger partial charge is 0.399 e. The van der Waals surface area contributed by atoms with Crippen molar-refractivity contribution < 1.29 is 13.5 Å². The fourth-order valence-electron chi connectivity index (χ4n) is 1.64. The first-order chi connectivity index (χ1) is 8.40. The number of hydrogen-bond donors (Lipinski definition) is 4. The number of aromatic amines is 1. The minimum absolute atomic E-state index is 0.0304. The lowest BCUT2D eigenvalue weighted by Gasteiger charge is -2.07. The van der Waals surface area contributed by atoms with Crippen LogP contribution in [-0.2, 0) is 10.0 Å². The lowest BCUT2D eigenvalue weighted by molar-refractivity contribution is 0.198. The summed E-state index contributed by atoms with van der Waals surface area (Å²) in [6.45, 7) is 1.48. The van der Waals surface area contributed by atoms with Gasteiger partial charge in [-0.3, -0.25) is 0 Å². The molecule has 1 aromatic carbocycles. The van der Waals surface area contributed by atoms with E-state index in [1.165, 1.54) is 13.1 Å². The molecule has 0 bridgehead atoms. The Labute approximate surface area is 105 Å². The molecule has 0 saturated carbocycles. The van der Waals surface area contributed by atoms with Crippen molar-refractivity contribution in [2.75, 3.05) is 12.3 Å². The second-order valence-electron chi connectivity index (χ2n) is 4.16. The van der Waals surface area contributed by atoms with E-state index in [2.05, 4.69) is 9.71 Å². The van der Waals surface area contributed by atoms with Gasteiger partial charge in [-0.2, -0.15) is 0 Å². The van der Waals surface area contributed by atoms with Gasteiger partial charge in [-0.15, -0.1) is 0 Å². The van der Waals surface area contributed by atoms with E-state index < -0.39 is 16.1 Å². The van der Waals surface area contributed by atoms with Crippen molar-refractivity contribution in [2.24, 2.45) is 0 Å². The third-order valence-corrected chi connectivity index (χ3v) is 3.99. The fraction of sp³-hybridized carbons (Fsp3) is 0.273. The van der Waals surface area contributed by atoms with E-state index in [0.717, 1.165) is 0 Å². The van der Waals surface area contributed by atoms with E-state index in [0.29, 0.717) is 16.6 Å². The zero-order valence-corrected chi connectivity index (χ0v) is 10.7. The smallest absolute Gasteiger partial charge is 0.242 e. The van der Waals surface area contributed by atoms with E-state index in [1.54, 1.807) is 18.2 Å². The van der Waals surface area contributed by atoms with Gasteiger partial charge in [-0.25, -0.2) is 13.1 Å². The van der Waals surface area contributed by atoms with Crippen LogP contribution in [0, 0.1) is 0 Å². The molecule has 18 heavy (non-hydrogen) atoms. The lowest BCUT2D eigenvalue weighted by Crippen LogP contribution is -2.30. The highest BCUT2D eigenvalue weighted by molar-refractivity contribution is 7.89. The van der Waals surface area contributed by atoms with Crippen LogP contribution in [0.4, 0.5) is 5.69 Å². The van der Waals surface area contributed by atoms with E-state index in [1.807, 2.05) is 0 Å². The molecule has 0 fully saturated rings. The number of fused-ring (bicyclic) bond motifs is 1. The van der Waals surface area contributed by atoms with Gasteiger partial charge < -0.3 is 15.8 Å². The first kappa shape index (κ1) is 12.9. The van der Waals surface area contributed by atoms with Gasteiger partial charge in [0, 0.05) is 29.3 Å². The van der Waals surface area contributed by atoms with Crippen molar-refractivity contribution in [2.45, 2.75) is 17.9 Å². The minimum atomic E-state index is -3.65. The van der Waals surface area contributed by atoms with Gasteiger partial charge >= 0.3 is 0 Å². The van der Waals surface area contributed by atoms with Crippen molar-refractivity contribution in [1.29, 1.82) is 0 Å². The summed E-state index contributed by atoms with van der Waals surface area (Å²) in [6.07, 6.45) is 0.670. The van der Waals surface area contributed by atoms with Gasteiger partial charge in [-0.1, -0.05) is 0 Å². The number of sulfonamides is 1. The summed E-state index contributed by atoms with van der Waals surface area (Å²) < 4.78 is 26.4. The number of nitrogen functional groups attached to an aromatic ring is 1. The number of nitrogens with one attached hydrogen (secondary N) is 2. The molecule has 0 amide bonds. The number of benzene rings is 1. The Balaban J connectivity index is 2.44. The van der Waals surface area contributed by atoms with Gasteiger partial charge in [0.2, 0.25) is 10.0 Å². The number of H-pyrrole nitrogens is 1. The van der Waals surface area contributed by atoms with Gasteiger partial charge in [0.05, 0.1) is 6.10 Å². The third-order valence-electron chi connectivity index (χ3n) is 2.53. The van der Waals surface area contributed by atoms with E-state index in [-0.39, 0.29) is 11.4 Å². The predicted molar refractivity (Wildman–Crippen MR) is 69.6 cm³/mol. The average Bonchev–Trinajstić information content (AvgIpc) is 2.70. The summed E-state index contributed by atoms with van der Waals surface area (Å²) in [4.78, 5) is 3.00. The second-order valence-corrected chi connectivity index (χ2v) is 5.89.